The maximum Gasteiger partial charge on any atom is 0.407 e. The lowest BCUT2D eigenvalue weighted by Gasteiger charge is -2.62. The highest BCUT2D eigenvalue weighted by atomic mass is 35.5. The standard InChI is InChI=1S/C20H27ClN2O3.C13H25NO3.C7H3ClFN/c1-18(2,3)26-17(24)23-15-19(4,5)16(20(15,6)7)25-13-9-8-12(11-22)14(21)10-13;1-11(2,3)17-10(16)14-8-12(4,5)9(15)13(8,6)7;8-7-3-6(9)2-1-5(7)4-10/h8-10,15-16H,1-7H3,(H,23,24);8-9,15H,1-7H3,(H,14,16);1-3H. The minimum atomic E-state index is -0.544. The molecule has 0 aromatic heterocycles. The van der Waals surface area contributed by atoms with Crippen molar-refractivity contribution in [2.24, 2.45) is 21.7 Å². The minimum absolute atomic E-state index is 0.0835. The zero-order chi connectivity index (χ0) is 41.1. The molecule has 13 heteroatoms. The van der Waals surface area contributed by atoms with E-state index in [1.165, 1.54) is 12.1 Å². The monoisotopic (exact) mass is 776 g/mol. The molecule has 0 saturated heterocycles. The molecule has 0 unspecified atom stereocenters. The van der Waals surface area contributed by atoms with Crippen molar-refractivity contribution in [3.63, 3.8) is 0 Å². The summed E-state index contributed by atoms with van der Waals surface area (Å²) in [5.41, 5.74) is -1.58. The number of nitrogens with zero attached hydrogens (tertiary/aromatic N) is 2. The lowest BCUT2D eigenvalue weighted by atomic mass is 9.49. The van der Waals surface area contributed by atoms with Gasteiger partial charge in [-0.05, 0) is 71.9 Å². The van der Waals surface area contributed by atoms with Gasteiger partial charge in [-0.25, -0.2) is 14.0 Å². The summed E-state index contributed by atoms with van der Waals surface area (Å²) in [6.07, 6.45) is -1.41. The fourth-order valence-electron chi connectivity index (χ4n) is 7.54. The number of nitriles is 2. The van der Waals surface area contributed by atoms with E-state index in [4.69, 9.17) is 47.9 Å². The lowest BCUT2D eigenvalue weighted by Crippen LogP contribution is -2.74. The number of halogens is 3. The van der Waals surface area contributed by atoms with Crippen LogP contribution in [-0.2, 0) is 9.47 Å². The number of rotatable bonds is 4. The van der Waals surface area contributed by atoms with E-state index < -0.39 is 35.3 Å². The van der Waals surface area contributed by atoms with Gasteiger partial charge in [-0.1, -0.05) is 78.6 Å². The number of benzene rings is 2. The zero-order valence-electron chi connectivity index (χ0n) is 33.3. The molecular weight excluding hydrogens is 722 g/mol. The number of nitrogens with one attached hydrogen (secondary N) is 2. The molecule has 0 heterocycles. The lowest BCUT2D eigenvalue weighted by molar-refractivity contribution is -0.181. The Morgan fingerprint density at radius 1 is 0.717 bits per heavy atom. The third-order valence-electron chi connectivity index (χ3n) is 9.43. The molecule has 3 N–H and O–H groups in total. The molecule has 2 aliphatic carbocycles. The van der Waals surface area contributed by atoms with Crippen molar-refractivity contribution in [1.82, 2.24) is 10.6 Å². The fraction of sp³-hybridized carbons (Fsp3) is 0.600. The molecule has 53 heavy (non-hydrogen) atoms. The van der Waals surface area contributed by atoms with Crippen LogP contribution in [0.15, 0.2) is 36.4 Å². The Morgan fingerprint density at radius 2 is 1.09 bits per heavy atom. The van der Waals surface area contributed by atoms with Gasteiger partial charge < -0.3 is 30.0 Å². The molecule has 2 fully saturated rings. The van der Waals surface area contributed by atoms with Gasteiger partial charge in [0.05, 0.1) is 27.3 Å². The van der Waals surface area contributed by atoms with E-state index in [2.05, 4.69) is 38.3 Å². The molecule has 0 bridgehead atoms. The molecule has 2 aromatic rings. The average molecular weight is 778 g/mol. The first-order chi connectivity index (χ1) is 23.9. The van der Waals surface area contributed by atoms with Crippen LogP contribution in [0.5, 0.6) is 5.75 Å². The number of hydrogen-bond donors (Lipinski definition) is 3. The number of hydrogen-bond acceptors (Lipinski definition) is 8. The number of carbonyl (C=O) groups is 2. The topological polar surface area (TPSA) is 154 Å². The van der Waals surface area contributed by atoms with Crippen molar-refractivity contribution >= 4 is 35.4 Å². The van der Waals surface area contributed by atoms with Crippen LogP contribution in [0.3, 0.4) is 0 Å². The Balaban J connectivity index is 0.000000307. The second-order valence-corrected chi connectivity index (χ2v) is 18.6. The van der Waals surface area contributed by atoms with Crippen molar-refractivity contribution < 1.29 is 33.3 Å². The molecule has 2 aliphatic rings. The van der Waals surface area contributed by atoms with Crippen molar-refractivity contribution in [3.8, 4) is 17.9 Å². The van der Waals surface area contributed by atoms with Crippen molar-refractivity contribution in [2.75, 3.05) is 0 Å². The van der Waals surface area contributed by atoms with Crippen LogP contribution < -0.4 is 15.4 Å². The van der Waals surface area contributed by atoms with Gasteiger partial charge >= 0.3 is 12.2 Å². The van der Waals surface area contributed by atoms with Gasteiger partial charge in [-0.3, -0.25) is 0 Å². The van der Waals surface area contributed by atoms with Crippen molar-refractivity contribution in [1.29, 1.82) is 10.5 Å². The number of aliphatic hydroxyl groups is 1. The van der Waals surface area contributed by atoms with E-state index in [1.54, 1.807) is 18.2 Å². The van der Waals surface area contributed by atoms with E-state index >= 15 is 0 Å². The molecular formula is C40H55Cl2FN4O6. The van der Waals surface area contributed by atoms with Gasteiger partial charge in [0.15, 0.2) is 0 Å². The highest BCUT2D eigenvalue weighted by Gasteiger charge is 2.64. The summed E-state index contributed by atoms with van der Waals surface area (Å²) in [5, 5.41) is 33.7. The number of aliphatic hydroxyl groups excluding tert-OH is 1. The zero-order valence-corrected chi connectivity index (χ0v) is 34.8. The Labute approximate surface area is 324 Å². The molecule has 0 atom stereocenters. The Kier molecular flexibility index (Phi) is 14.0. The summed E-state index contributed by atoms with van der Waals surface area (Å²) >= 11 is 11.6. The van der Waals surface area contributed by atoms with Gasteiger partial charge in [0.25, 0.3) is 0 Å². The largest absolute Gasteiger partial charge is 0.489 e. The van der Waals surface area contributed by atoms with E-state index in [0.29, 0.717) is 21.9 Å². The van der Waals surface area contributed by atoms with Gasteiger partial charge in [-0.2, -0.15) is 10.5 Å². The molecule has 2 aromatic carbocycles. The molecule has 0 radical (unpaired) electrons. The normalized spacial score (nSPS) is 22.9. The summed E-state index contributed by atoms with van der Waals surface area (Å²) in [4.78, 5) is 23.9. The van der Waals surface area contributed by atoms with Crippen LogP contribution in [0, 0.1) is 50.1 Å². The van der Waals surface area contributed by atoms with Gasteiger partial charge in [0.1, 0.15) is 41.0 Å². The van der Waals surface area contributed by atoms with Gasteiger partial charge in [0, 0.05) is 39.8 Å². The maximum atomic E-state index is 12.3. The summed E-state index contributed by atoms with van der Waals surface area (Å²) < 4.78 is 29.1. The second kappa shape index (κ2) is 16.3. The van der Waals surface area contributed by atoms with Crippen molar-refractivity contribution in [2.45, 2.75) is 132 Å². The highest BCUT2D eigenvalue weighted by molar-refractivity contribution is 6.32. The van der Waals surface area contributed by atoms with E-state index in [0.717, 1.165) is 6.07 Å². The fourth-order valence-corrected chi connectivity index (χ4v) is 7.96. The first kappa shape index (κ1) is 45.4. The van der Waals surface area contributed by atoms with E-state index in [9.17, 15) is 19.1 Å². The molecule has 2 saturated carbocycles. The van der Waals surface area contributed by atoms with Crippen LogP contribution >= 0.6 is 23.2 Å². The molecule has 0 aliphatic heterocycles. The first-order valence-corrected chi connectivity index (χ1v) is 18.1. The summed E-state index contributed by atoms with van der Waals surface area (Å²) in [6.45, 7) is 27.0. The SMILES string of the molecule is CC(C)(C)OC(=O)NC1C(C)(C)C(O)C1(C)C.CC(C)(C)OC(=O)NC1C(C)(C)C(Oc2ccc(C#N)c(Cl)c2)C1(C)C.N#Cc1ccc(F)cc1Cl. The average Bonchev–Trinajstić information content (AvgIpc) is 2.99. The summed E-state index contributed by atoms with van der Waals surface area (Å²) in [6, 6.07) is 12.4. The van der Waals surface area contributed by atoms with E-state index in [1.807, 2.05) is 81.4 Å². The number of alkyl carbamates (subject to hydrolysis) is 2. The Bertz CT molecular complexity index is 1700. The molecule has 10 nitrogen and oxygen atoms in total. The highest BCUT2D eigenvalue weighted by Crippen LogP contribution is 2.56. The molecule has 2 amide bonds. The minimum Gasteiger partial charge on any atom is -0.489 e. The predicted octanol–water partition coefficient (Wildman–Crippen LogP) is 9.58. The van der Waals surface area contributed by atoms with Crippen LogP contribution in [0.1, 0.15) is 108 Å². The summed E-state index contributed by atoms with van der Waals surface area (Å²) in [5.74, 6) is 0.180. The second-order valence-electron chi connectivity index (χ2n) is 17.8. The van der Waals surface area contributed by atoms with Crippen LogP contribution in [0.4, 0.5) is 14.0 Å². The number of carbonyl (C=O) groups excluding carboxylic acids is 2. The summed E-state index contributed by atoms with van der Waals surface area (Å²) in [7, 11) is 0. The third kappa shape index (κ3) is 11.1. The van der Waals surface area contributed by atoms with Crippen LogP contribution in [-0.4, -0.2) is 52.8 Å². The number of ether oxygens (including phenoxy) is 3. The van der Waals surface area contributed by atoms with Crippen molar-refractivity contribution in [3.05, 3.63) is 63.4 Å². The molecule has 0 spiro atoms. The maximum absolute atomic E-state index is 12.3. The van der Waals surface area contributed by atoms with Crippen LogP contribution in [0.25, 0.3) is 0 Å². The first-order valence-electron chi connectivity index (χ1n) is 17.3. The Hall–Kier alpha value is -3.77. The number of amides is 2. The molecule has 292 valence electrons. The van der Waals surface area contributed by atoms with Gasteiger partial charge in [-0.15, -0.1) is 0 Å². The van der Waals surface area contributed by atoms with Crippen LogP contribution in [0.2, 0.25) is 10.0 Å². The predicted molar refractivity (Wildman–Crippen MR) is 204 cm³/mol. The third-order valence-corrected chi connectivity index (χ3v) is 10.1. The van der Waals surface area contributed by atoms with E-state index in [-0.39, 0.29) is 44.9 Å². The quantitative estimate of drug-likeness (QED) is 0.278. The smallest absolute Gasteiger partial charge is 0.407 e. The molecule has 4 rings (SSSR count). The van der Waals surface area contributed by atoms with Gasteiger partial charge in [0.2, 0.25) is 0 Å². The Morgan fingerprint density at radius 3 is 1.45 bits per heavy atom.